The van der Waals surface area contributed by atoms with Gasteiger partial charge in [0.25, 0.3) is 5.56 Å². The number of hydrogen-bond acceptors (Lipinski definition) is 4. The van der Waals surface area contributed by atoms with Gasteiger partial charge in [-0.1, -0.05) is 18.2 Å². The van der Waals surface area contributed by atoms with Crippen LogP contribution in [-0.2, 0) is 13.1 Å². The predicted molar refractivity (Wildman–Crippen MR) is 113 cm³/mol. The van der Waals surface area contributed by atoms with Gasteiger partial charge >= 0.3 is 0 Å². The molecule has 2 N–H and O–H groups in total. The first-order chi connectivity index (χ1) is 13.9. The van der Waals surface area contributed by atoms with Crippen molar-refractivity contribution in [3.05, 3.63) is 63.7 Å². The molecule has 0 spiro atoms. The fraction of sp³-hybridized carbons (Fsp3) is 0.478. The first-order valence-corrected chi connectivity index (χ1v) is 10.5. The molecule has 4 heterocycles. The highest BCUT2D eigenvalue weighted by Crippen LogP contribution is 2.42. The van der Waals surface area contributed by atoms with Gasteiger partial charge in [-0.3, -0.25) is 9.69 Å². The van der Waals surface area contributed by atoms with Crippen LogP contribution < -0.4 is 5.56 Å². The lowest BCUT2D eigenvalue weighted by Gasteiger charge is -2.43. The third kappa shape index (κ3) is 3.30. The van der Waals surface area contributed by atoms with E-state index < -0.39 is 5.60 Å². The molecule has 3 aromatic rings. The van der Waals surface area contributed by atoms with Gasteiger partial charge in [0, 0.05) is 41.3 Å². The number of aryl methyl sites for hydroxylation is 2. The van der Waals surface area contributed by atoms with Gasteiger partial charge in [-0.15, -0.1) is 0 Å². The summed E-state index contributed by atoms with van der Waals surface area (Å²) in [7, 11) is 0. The third-order valence-electron chi connectivity index (χ3n) is 6.86. The quantitative estimate of drug-likeness (QED) is 0.716. The van der Waals surface area contributed by atoms with Gasteiger partial charge in [0.05, 0.1) is 17.8 Å². The Morgan fingerprint density at radius 2 is 1.86 bits per heavy atom. The number of aromatic amines is 1. The van der Waals surface area contributed by atoms with Crippen molar-refractivity contribution in [1.29, 1.82) is 0 Å². The fourth-order valence-corrected chi connectivity index (χ4v) is 5.42. The Morgan fingerprint density at radius 1 is 1.14 bits per heavy atom. The van der Waals surface area contributed by atoms with Gasteiger partial charge in [0.15, 0.2) is 0 Å². The number of hydrogen-bond donors (Lipinski definition) is 2. The Kier molecular flexibility index (Phi) is 4.37. The zero-order valence-corrected chi connectivity index (χ0v) is 17.1. The molecular formula is C23H28N4O2. The Bertz CT molecular complexity index is 1100. The third-order valence-corrected chi connectivity index (χ3v) is 6.86. The van der Waals surface area contributed by atoms with Crippen molar-refractivity contribution in [3.63, 3.8) is 0 Å². The average Bonchev–Trinajstić information content (AvgIpc) is 3.13. The molecule has 6 heteroatoms. The molecule has 0 saturated carbocycles. The maximum atomic E-state index is 12.2. The van der Waals surface area contributed by atoms with Crippen LogP contribution in [-0.4, -0.2) is 42.5 Å². The molecule has 0 radical (unpaired) electrons. The SMILES string of the molecule is Cc1ccc(=O)n(CC2(O)CC3CCC(C2)N3Cc2[nH]c3ccccc3c2C)n1. The molecule has 1 aromatic carbocycles. The normalized spacial score (nSPS) is 27.0. The van der Waals surface area contributed by atoms with Crippen molar-refractivity contribution in [2.45, 2.75) is 70.3 Å². The van der Waals surface area contributed by atoms with E-state index in [9.17, 15) is 9.90 Å². The largest absolute Gasteiger partial charge is 0.388 e. The van der Waals surface area contributed by atoms with Crippen LogP contribution in [0.5, 0.6) is 0 Å². The second-order valence-electron chi connectivity index (χ2n) is 8.93. The molecule has 6 nitrogen and oxygen atoms in total. The second kappa shape index (κ2) is 6.82. The number of fused-ring (bicyclic) bond motifs is 3. The van der Waals surface area contributed by atoms with Crippen molar-refractivity contribution < 1.29 is 5.11 Å². The van der Waals surface area contributed by atoms with Crippen LogP contribution >= 0.6 is 0 Å². The number of benzene rings is 1. The topological polar surface area (TPSA) is 74.2 Å². The number of nitrogens with zero attached hydrogens (tertiary/aromatic N) is 3. The number of aromatic nitrogens is 3. The zero-order valence-electron chi connectivity index (χ0n) is 17.1. The van der Waals surface area contributed by atoms with E-state index >= 15 is 0 Å². The van der Waals surface area contributed by atoms with Crippen molar-refractivity contribution >= 4 is 10.9 Å². The summed E-state index contributed by atoms with van der Waals surface area (Å²) in [6, 6.07) is 12.4. The highest BCUT2D eigenvalue weighted by atomic mass is 16.3. The van der Waals surface area contributed by atoms with Crippen molar-refractivity contribution in [2.24, 2.45) is 0 Å². The number of para-hydroxylation sites is 1. The minimum absolute atomic E-state index is 0.146. The predicted octanol–water partition coefficient (Wildman–Crippen LogP) is 2.90. The molecule has 2 unspecified atom stereocenters. The lowest BCUT2D eigenvalue weighted by atomic mass is 9.85. The van der Waals surface area contributed by atoms with Gasteiger partial charge in [-0.05, 0) is 57.2 Å². The average molecular weight is 393 g/mol. The standard InChI is InChI=1S/C23H28N4O2/c1-15-7-10-22(28)27(25-15)14-23(29)11-17-8-9-18(12-23)26(17)13-21-16(2)19-5-3-4-6-20(19)24-21/h3-7,10,17-18,24,29H,8-9,11-14H2,1-2H3. The number of aliphatic hydroxyl groups is 1. The van der Waals surface area contributed by atoms with Gasteiger partial charge < -0.3 is 10.1 Å². The van der Waals surface area contributed by atoms with E-state index in [1.807, 2.05) is 6.92 Å². The van der Waals surface area contributed by atoms with E-state index in [0.29, 0.717) is 24.9 Å². The van der Waals surface area contributed by atoms with Crippen LogP contribution in [0.15, 0.2) is 41.2 Å². The van der Waals surface area contributed by atoms with E-state index in [-0.39, 0.29) is 12.1 Å². The van der Waals surface area contributed by atoms with Gasteiger partial charge in [-0.25, -0.2) is 4.68 Å². The molecular weight excluding hydrogens is 364 g/mol. The molecule has 2 saturated heterocycles. The number of H-pyrrole nitrogens is 1. The highest BCUT2D eigenvalue weighted by molar-refractivity contribution is 5.84. The van der Waals surface area contributed by atoms with Crippen molar-refractivity contribution in [3.8, 4) is 0 Å². The molecule has 2 aliphatic rings. The summed E-state index contributed by atoms with van der Waals surface area (Å²) in [4.78, 5) is 18.3. The summed E-state index contributed by atoms with van der Waals surface area (Å²) in [5.74, 6) is 0. The molecule has 2 aromatic heterocycles. The first-order valence-electron chi connectivity index (χ1n) is 10.5. The summed E-state index contributed by atoms with van der Waals surface area (Å²) >= 11 is 0. The minimum Gasteiger partial charge on any atom is -0.388 e. The summed E-state index contributed by atoms with van der Waals surface area (Å²) < 4.78 is 1.44. The van der Waals surface area contributed by atoms with Crippen LogP contribution in [0, 0.1) is 13.8 Å². The smallest absolute Gasteiger partial charge is 0.266 e. The molecule has 0 aliphatic carbocycles. The van der Waals surface area contributed by atoms with Crippen LogP contribution in [0.3, 0.4) is 0 Å². The molecule has 152 valence electrons. The lowest BCUT2D eigenvalue weighted by Crippen LogP contribution is -2.53. The maximum Gasteiger partial charge on any atom is 0.266 e. The van der Waals surface area contributed by atoms with Gasteiger partial charge in [0.1, 0.15) is 0 Å². The zero-order chi connectivity index (χ0) is 20.2. The molecule has 29 heavy (non-hydrogen) atoms. The summed E-state index contributed by atoms with van der Waals surface area (Å²) in [5, 5.41) is 17.0. The maximum absolute atomic E-state index is 12.2. The Hall–Kier alpha value is -2.44. The van der Waals surface area contributed by atoms with E-state index in [0.717, 1.165) is 25.1 Å². The highest BCUT2D eigenvalue weighted by Gasteiger charge is 2.48. The summed E-state index contributed by atoms with van der Waals surface area (Å²) in [5.41, 5.74) is 3.55. The Labute approximate surface area is 170 Å². The van der Waals surface area contributed by atoms with Gasteiger partial charge in [-0.2, -0.15) is 5.10 Å². The van der Waals surface area contributed by atoms with E-state index in [2.05, 4.69) is 46.2 Å². The second-order valence-corrected chi connectivity index (χ2v) is 8.93. The minimum atomic E-state index is -0.873. The number of piperidine rings is 1. The molecule has 0 amide bonds. The first kappa shape index (κ1) is 18.6. The van der Waals surface area contributed by atoms with E-state index in [4.69, 9.17) is 0 Å². The number of nitrogens with one attached hydrogen (secondary N) is 1. The van der Waals surface area contributed by atoms with Crippen LogP contribution in [0.2, 0.25) is 0 Å². The van der Waals surface area contributed by atoms with Crippen LogP contribution in [0.25, 0.3) is 10.9 Å². The van der Waals surface area contributed by atoms with Crippen LogP contribution in [0.4, 0.5) is 0 Å². The molecule has 5 rings (SSSR count). The molecule has 2 aliphatic heterocycles. The lowest BCUT2D eigenvalue weighted by molar-refractivity contribution is -0.0680. The fourth-order valence-electron chi connectivity index (χ4n) is 5.42. The van der Waals surface area contributed by atoms with E-state index in [1.165, 1.54) is 32.9 Å². The Morgan fingerprint density at radius 3 is 2.59 bits per heavy atom. The summed E-state index contributed by atoms with van der Waals surface area (Å²) in [6.07, 6.45) is 3.57. The van der Waals surface area contributed by atoms with Crippen molar-refractivity contribution in [2.75, 3.05) is 0 Å². The van der Waals surface area contributed by atoms with Crippen LogP contribution in [0.1, 0.15) is 42.6 Å². The molecule has 2 bridgehead atoms. The monoisotopic (exact) mass is 392 g/mol. The number of rotatable bonds is 4. The van der Waals surface area contributed by atoms with Crippen molar-refractivity contribution in [1.82, 2.24) is 19.7 Å². The summed E-state index contributed by atoms with van der Waals surface area (Å²) in [6.45, 7) is 5.22. The molecule has 2 fully saturated rings. The Balaban J connectivity index is 1.36. The molecule has 2 atom stereocenters. The van der Waals surface area contributed by atoms with Gasteiger partial charge in [0.2, 0.25) is 0 Å². The van der Waals surface area contributed by atoms with E-state index in [1.54, 1.807) is 6.07 Å².